The van der Waals surface area contributed by atoms with Gasteiger partial charge in [-0.1, -0.05) is 22.0 Å². The number of sulfone groups is 1. The van der Waals surface area contributed by atoms with Crippen molar-refractivity contribution in [3.63, 3.8) is 0 Å². The lowest BCUT2D eigenvalue weighted by atomic mass is 10.2. The topological polar surface area (TPSA) is 76.1 Å². The molecule has 0 fully saturated rings. The summed E-state index contributed by atoms with van der Waals surface area (Å²) in [6, 6.07) is 14.2. The molecule has 0 spiro atoms. The number of nitrogens with one attached hydrogen (secondary N) is 1. The Morgan fingerprint density at radius 1 is 1.04 bits per heavy atom. The molecule has 0 saturated carbocycles. The summed E-state index contributed by atoms with van der Waals surface area (Å²) in [6.07, 6.45) is 1.17. The molecule has 1 aromatic heterocycles. The van der Waals surface area contributed by atoms with E-state index >= 15 is 0 Å². The molecule has 5 nitrogen and oxygen atoms in total. The molecular weight excluding hydrogens is 423 g/mol. The molecule has 8 heteroatoms. The highest BCUT2D eigenvalue weighted by Crippen LogP contribution is 2.21. The third kappa shape index (κ3) is 3.97. The summed E-state index contributed by atoms with van der Waals surface area (Å²) in [5, 5.41) is 2.36. The lowest BCUT2D eigenvalue weighted by Crippen LogP contribution is -2.13. The maximum atomic E-state index is 13.2. The Bertz CT molecular complexity index is 1050. The van der Waals surface area contributed by atoms with Crippen molar-refractivity contribution in [1.82, 2.24) is 4.98 Å². The highest BCUT2D eigenvalue weighted by molar-refractivity contribution is 9.10. The van der Waals surface area contributed by atoms with Gasteiger partial charge < -0.3 is 5.32 Å². The number of nitrogens with zero attached hydrogens (tertiary/aromatic N) is 1. The summed E-state index contributed by atoms with van der Waals surface area (Å²) in [7, 11) is -3.78. The van der Waals surface area contributed by atoms with Gasteiger partial charge in [0, 0.05) is 16.4 Å². The zero-order valence-corrected chi connectivity index (χ0v) is 15.6. The Morgan fingerprint density at radius 3 is 2.38 bits per heavy atom. The van der Waals surface area contributed by atoms with Gasteiger partial charge in [-0.2, -0.15) is 0 Å². The second-order valence-electron chi connectivity index (χ2n) is 5.31. The van der Waals surface area contributed by atoms with Crippen LogP contribution in [0.2, 0.25) is 0 Å². The van der Waals surface area contributed by atoms with Crippen molar-refractivity contribution in [2.45, 2.75) is 9.92 Å². The Balaban J connectivity index is 1.81. The fourth-order valence-electron chi connectivity index (χ4n) is 2.18. The standard InChI is InChI=1S/C18H12BrFN2O3S/c19-13-5-7-16(8-6-13)26(24,25)17-9-4-12(11-21-17)18(23)22-15-3-1-2-14(20)10-15/h1-11H,(H,22,23). The summed E-state index contributed by atoms with van der Waals surface area (Å²) in [4.78, 5) is 16.2. The smallest absolute Gasteiger partial charge is 0.257 e. The quantitative estimate of drug-likeness (QED) is 0.671. The molecule has 26 heavy (non-hydrogen) atoms. The average Bonchev–Trinajstić information content (AvgIpc) is 2.62. The van der Waals surface area contributed by atoms with Gasteiger partial charge in [0.1, 0.15) is 5.82 Å². The normalized spacial score (nSPS) is 11.2. The Kier molecular flexibility index (Phi) is 5.15. The highest BCUT2D eigenvalue weighted by atomic mass is 79.9. The van der Waals surface area contributed by atoms with E-state index in [0.717, 1.165) is 4.47 Å². The van der Waals surface area contributed by atoms with E-state index in [2.05, 4.69) is 26.2 Å². The van der Waals surface area contributed by atoms with E-state index in [4.69, 9.17) is 0 Å². The number of anilines is 1. The lowest BCUT2D eigenvalue weighted by molar-refractivity contribution is 0.102. The number of benzene rings is 2. The molecule has 3 aromatic rings. The van der Waals surface area contributed by atoms with Crippen LogP contribution in [-0.4, -0.2) is 19.3 Å². The molecule has 0 radical (unpaired) electrons. The first kappa shape index (κ1) is 18.2. The fourth-order valence-corrected chi connectivity index (χ4v) is 3.62. The van der Waals surface area contributed by atoms with Crippen LogP contribution in [0.5, 0.6) is 0 Å². The minimum Gasteiger partial charge on any atom is -0.322 e. The molecule has 132 valence electrons. The molecule has 0 bridgehead atoms. The molecule has 0 aliphatic heterocycles. The number of rotatable bonds is 4. The van der Waals surface area contributed by atoms with Crippen LogP contribution >= 0.6 is 15.9 Å². The van der Waals surface area contributed by atoms with Gasteiger partial charge in [0.05, 0.1) is 10.5 Å². The number of hydrogen-bond donors (Lipinski definition) is 1. The summed E-state index contributed by atoms with van der Waals surface area (Å²) in [5.41, 5.74) is 0.450. The van der Waals surface area contributed by atoms with Crippen LogP contribution in [0.15, 0.2) is 81.3 Å². The SMILES string of the molecule is O=C(Nc1cccc(F)c1)c1ccc(S(=O)(=O)c2ccc(Br)cc2)nc1. The molecule has 1 N–H and O–H groups in total. The van der Waals surface area contributed by atoms with Crippen molar-refractivity contribution in [3.8, 4) is 0 Å². The first-order valence-electron chi connectivity index (χ1n) is 7.40. The molecule has 0 aliphatic rings. The summed E-state index contributed by atoms with van der Waals surface area (Å²) in [6.45, 7) is 0. The first-order valence-corrected chi connectivity index (χ1v) is 9.67. The lowest BCUT2D eigenvalue weighted by Gasteiger charge is -2.07. The number of carbonyl (C=O) groups excluding carboxylic acids is 1. The van der Waals surface area contributed by atoms with Gasteiger partial charge >= 0.3 is 0 Å². The van der Waals surface area contributed by atoms with Gasteiger partial charge in [0.15, 0.2) is 5.03 Å². The van der Waals surface area contributed by atoms with Crippen molar-refractivity contribution in [2.75, 3.05) is 5.32 Å². The monoisotopic (exact) mass is 434 g/mol. The number of hydrogen-bond acceptors (Lipinski definition) is 4. The minimum absolute atomic E-state index is 0.102. The molecule has 0 saturated heterocycles. The van der Waals surface area contributed by atoms with Crippen LogP contribution in [0.3, 0.4) is 0 Å². The van der Waals surface area contributed by atoms with E-state index in [-0.39, 0.29) is 15.5 Å². The van der Waals surface area contributed by atoms with Crippen LogP contribution in [0.25, 0.3) is 0 Å². The maximum absolute atomic E-state index is 13.2. The van der Waals surface area contributed by atoms with Gasteiger partial charge in [-0.3, -0.25) is 4.79 Å². The molecular formula is C18H12BrFN2O3S. The van der Waals surface area contributed by atoms with E-state index in [1.165, 1.54) is 48.7 Å². The summed E-state index contributed by atoms with van der Waals surface area (Å²) in [5.74, 6) is -0.993. The van der Waals surface area contributed by atoms with Gasteiger partial charge in [-0.05, 0) is 54.6 Å². The van der Waals surface area contributed by atoms with Gasteiger partial charge in [0.2, 0.25) is 9.84 Å². The van der Waals surface area contributed by atoms with E-state index < -0.39 is 21.6 Å². The molecule has 0 aliphatic carbocycles. The summed E-state index contributed by atoms with van der Waals surface area (Å²) < 4.78 is 39.0. The molecule has 2 aromatic carbocycles. The van der Waals surface area contributed by atoms with Crippen molar-refractivity contribution in [3.05, 3.63) is 82.7 Å². The minimum atomic E-state index is -3.78. The maximum Gasteiger partial charge on any atom is 0.257 e. The highest BCUT2D eigenvalue weighted by Gasteiger charge is 2.19. The van der Waals surface area contributed by atoms with Crippen LogP contribution < -0.4 is 5.32 Å². The van der Waals surface area contributed by atoms with E-state index in [1.807, 2.05) is 0 Å². The van der Waals surface area contributed by atoms with E-state index in [0.29, 0.717) is 5.69 Å². The Labute approximate surface area is 158 Å². The summed E-state index contributed by atoms with van der Waals surface area (Å²) >= 11 is 3.25. The molecule has 1 heterocycles. The third-order valence-corrected chi connectivity index (χ3v) is 5.69. The van der Waals surface area contributed by atoms with Gasteiger partial charge in [-0.25, -0.2) is 17.8 Å². The van der Waals surface area contributed by atoms with Gasteiger partial charge in [0.25, 0.3) is 5.91 Å². The second-order valence-corrected chi connectivity index (χ2v) is 8.12. The zero-order chi connectivity index (χ0) is 18.7. The number of amides is 1. The van der Waals surface area contributed by atoms with Crippen LogP contribution in [0.4, 0.5) is 10.1 Å². The van der Waals surface area contributed by atoms with Gasteiger partial charge in [-0.15, -0.1) is 0 Å². The predicted molar refractivity (Wildman–Crippen MR) is 98.2 cm³/mol. The van der Waals surface area contributed by atoms with Crippen LogP contribution in [-0.2, 0) is 9.84 Å². The number of halogens is 2. The largest absolute Gasteiger partial charge is 0.322 e. The number of aromatic nitrogens is 1. The molecule has 0 atom stereocenters. The first-order chi connectivity index (χ1) is 12.4. The third-order valence-electron chi connectivity index (χ3n) is 3.48. The van der Waals surface area contributed by atoms with Crippen molar-refractivity contribution in [2.24, 2.45) is 0 Å². The van der Waals surface area contributed by atoms with Crippen molar-refractivity contribution in [1.29, 1.82) is 0 Å². The van der Waals surface area contributed by atoms with E-state index in [9.17, 15) is 17.6 Å². The number of pyridine rings is 1. The fraction of sp³-hybridized carbons (Fsp3) is 0. The molecule has 1 amide bonds. The zero-order valence-electron chi connectivity index (χ0n) is 13.2. The predicted octanol–water partition coefficient (Wildman–Crippen LogP) is 4.07. The number of carbonyl (C=O) groups is 1. The molecule has 0 unspecified atom stereocenters. The van der Waals surface area contributed by atoms with Crippen LogP contribution in [0.1, 0.15) is 10.4 Å². The second kappa shape index (κ2) is 7.35. The Morgan fingerprint density at radius 2 is 1.77 bits per heavy atom. The van der Waals surface area contributed by atoms with E-state index in [1.54, 1.807) is 18.2 Å². The van der Waals surface area contributed by atoms with Crippen molar-refractivity contribution >= 4 is 37.4 Å². The van der Waals surface area contributed by atoms with Crippen molar-refractivity contribution < 1.29 is 17.6 Å². The Hall–Kier alpha value is -2.58. The molecule has 3 rings (SSSR count). The average molecular weight is 435 g/mol. The van der Waals surface area contributed by atoms with Crippen LogP contribution in [0, 0.1) is 5.82 Å².